The van der Waals surface area contributed by atoms with E-state index in [1.165, 1.54) is 16.7 Å². The number of hydrogen-bond donors (Lipinski definition) is 0. The van der Waals surface area contributed by atoms with E-state index in [0.717, 1.165) is 22.5 Å². The van der Waals surface area contributed by atoms with Crippen molar-refractivity contribution in [3.8, 4) is 0 Å². The number of amides is 2. The highest BCUT2D eigenvalue weighted by molar-refractivity contribution is 8.03. The third-order valence-electron chi connectivity index (χ3n) is 5.31. The van der Waals surface area contributed by atoms with Gasteiger partial charge in [-0.25, -0.2) is 4.90 Å². The molecule has 158 valence electrons. The molecule has 0 unspecified atom stereocenters. The van der Waals surface area contributed by atoms with Gasteiger partial charge in [0.05, 0.1) is 28.2 Å². The molecule has 2 heterocycles. The molecule has 1 aliphatic rings. The minimum Gasteiger partial charge on any atom is -0.468 e. The van der Waals surface area contributed by atoms with Crippen LogP contribution in [-0.2, 0) is 20.8 Å². The van der Waals surface area contributed by atoms with Crippen LogP contribution in [0.15, 0.2) is 76.2 Å². The molecular formula is C26H25NO3S. The molecule has 2 amide bonds. The van der Waals surface area contributed by atoms with Gasteiger partial charge in [0.15, 0.2) is 0 Å². The van der Waals surface area contributed by atoms with Crippen LogP contribution < -0.4 is 4.90 Å². The quantitative estimate of drug-likeness (QED) is 0.458. The second kappa shape index (κ2) is 8.23. The number of imide groups is 1. The van der Waals surface area contributed by atoms with E-state index >= 15 is 0 Å². The van der Waals surface area contributed by atoms with E-state index in [2.05, 4.69) is 20.8 Å². The fraction of sp³-hybridized carbons (Fsp3) is 0.231. The first-order valence-corrected chi connectivity index (χ1v) is 11.2. The summed E-state index contributed by atoms with van der Waals surface area (Å²) in [6.45, 7) is 8.40. The lowest BCUT2D eigenvalue weighted by atomic mass is 9.87. The van der Waals surface area contributed by atoms with Crippen molar-refractivity contribution in [1.82, 2.24) is 0 Å². The fourth-order valence-corrected chi connectivity index (χ4v) is 4.52. The van der Waals surface area contributed by atoms with Crippen LogP contribution in [0.1, 0.15) is 43.2 Å². The molecule has 0 spiro atoms. The molecule has 0 saturated carbocycles. The number of nitrogens with zero attached hydrogens (tertiary/aromatic N) is 1. The Labute approximate surface area is 186 Å². The van der Waals surface area contributed by atoms with Crippen LogP contribution in [-0.4, -0.2) is 11.8 Å². The maximum absolute atomic E-state index is 13.5. The zero-order chi connectivity index (χ0) is 22.2. The van der Waals surface area contributed by atoms with Crippen LogP contribution in [0.2, 0.25) is 0 Å². The SMILES string of the molecule is Cc1ccc(C2=C(SCc3ccco3)C(=O)N(c3ccc(C(C)(C)C)cc3)C2=O)cc1. The molecule has 0 atom stereocenters. The lowest BCUT2D eigenvalue weighted by Crippen LogP contribution is -2.31. The molecule has 1 aromatic heterocycles. The van der Waals surface area contributed by atoms with Gasteiger partial charge in [-0.2, -0.15) is 0 Å². The van der Waals surface area contributed by atoms with Gasteiger partial charge in [-0.05, 0) is 47.7 Å². The molecule has 0 radical (unpaired) electrons. The summed E-state index contributed by atoms with van der Waals surface area (Å²) in [5, 5.41) is 0. The van der Waals surface area contributed by atoms with Crippen molar-refractivity contribution >= 4 is 34.8 Å². The van der Waals surface area contributed by atoms with E-state index in [1.54, 1.807) is 6.26 Å². The number of hydrogen-bond acceptors (Lipinski definition) is 4. The normalized spacial score (nSPS) is 14.6. The van der Waals surface area contributed by atoms with E-state index in [9.17, 15) is 9.59 Å². The standard InChI is InChI=1S/C26H25NO3S/c1-17-7-9-18(10-8-17)22-23(31-16-21-6-5-15-30-21)25(29)27(24(22)28)20-13-11-19(12-14-20)26(2,3)4/h5-15H,16H2,1-4H3. The zero-order valence-corrected chi connectivity index (χ0v) is 19.0. The summed E-state index contributed by atoms with van der Waals surface area (Å²) in [5.74, 6) is 0.655. The Hall–Kier alpha value is -3.05. The average Bonchev–Trinajstić information content (AvgIpc) is 3.33. The van der Waals surface area contributed by atoms with Crippen molar-refractivity contribution in [1.29, 1.82) is 0 Å². The number of carbonyl (C=O) groups is 2. The van der Waals surface area contributed by atoms with Crippen LogP contribution in [0, 0.1) is 6.92 Å². The summed E-state index contributed by atoms with van der Waals surface area (Å²) in [5.41, 5.74) is 4.02. The smallest absolute Gasteiger partial charge is 0.272 e. The average molecular weight is 432 g/mol. The number of anilines is 1. The van der Waals surface area contributed by atoms with Crippen molar-refractivity contribution in [2.75, 3.05) is 4.90 Å². The topological polar surface area (TPSA) is 50.5 Å². The van der Waals surface area contributed by atoms with Crippen molar-refractivity contribution < 1.29 is 14.0 Å². The third kappa shape index (κ3) is 4.23. The number of aryl methyl sites for hydroxylation is 1. The van der Waals surface area contributed by atoms with E-state index in [1.807, 2.05) is 67.6 Å². The van der Waals surface area contributed by atoms with Gasteiger partial charge in [0.1, 0.15) is 5.76 Å². The summed E-state index contributed by atoms with van der Waals surface area (Å²) in [7, 11) is 0. The van der Waals surface area contributed by atoms with Gasteiger partial charge in [-0.3, -0.25) is 9.59 Å². The molecule has 4 nitrogen and oxygen atoms in total. The number of rotatable bonds is 5. The third-order valence-corrected chi connectivity index (χ3v) is 6.41. The highest BCUT2D eigenvalue weighted by Gasteiger charge is 2.40. The number of benzene rings is 2. The first-order valence-electron chi connectivity index (χ1n) is 10.2. The Bertz CT molecular complexity index is 1130. The molecule has 0 bridgehead atoms. The molecule has 0 N–H and O–H groups in total. The van der Waals surface area contributed by atoms with Crippen LogP contribution in [0.5, 0.6) is 0 Å². The van der Waals surface area contributed by atoms with Gasteiger partial charge in [0, 0.05) is 0 Å². The minimum atomic E-state index is -0.292. The van der Waals surface area contributed by atoms with Gasteiger partial charge in [0.25, 0.3) is 11.8 Å². The lowest BCUT2D eigenvalue weighted by molar-refractivity contribution is -0.119. The van der Waals surface area contributed by atoms with Crippen molar-refractivity contribution in [2.45, 2.75) is 38.9 Å². The second-order valence-corrected chi connectivity index (χ2v) is 9.67. The fourth-order valence-electron chi connectivity index (χ4n) is 3.50. The molecule has 1 aliphatic heterocycles. The van der Waals surface area contributed by atoms with Gasteiger partial charge in [0.2, 0.25) is 0 Å². The molecule has 3 aromatic rings. The van der Waals surface area contributed by atoms with E-state index in [4.69, 9.17) is 4.42 Å². The Morgan fingerprint density at radius 2 is 1.58 bits per heavy atom. The first kappa shape index (κ1) is 21.2. The van der Waals surface area contributed by atoms with Crippen LogP contribution in [0.3, 0.4) is 0 Å². The zero-order valence-electron chi connectivity index (χ0n) is 18.1. The number of thioether (sulfide) groups is 1. The molecule has 4 rings (SSSR count). The van der Waals surface area contributed by atoms with Gasteiger partial charge >= 0.3 is 0 Å². The summed E-state index contributed by atoms with van der Waals surface area (Å²) in [6, 6.07) is 19.0. The first-order chi connectivity index (χ1) is 14.8. The molecular weight excluding hydrogens is 406 g/mol. The lowest BCUT2D eigenvalue weighted by Gasteiger charge is -2.21. The van der Waals surface area contributed by atoms with E-state index < -0.39 is 0 Å². The van der Waals surface area contributed by atoms with E-state index in [0.29, 0.717) is 21.9 Å². The van der Waals surface area contributed by atoms with Crippen molar-refractivity contribution in [3.63, 3.8) is 0 Å². The summed E-state index contributed by atoms with van der Waals surface area (Å²) >= 11 is 1.34. The monoisotopic (exact) mass is 431 g/mol. The Morgan fingerprint density at radius 3 is 2.16 bits per heavy atom. The highest BCUT2D eigenvalue weighted by Crippen LogP contribution is 2.40. The molecule has 0 aliphatic carbocycles. The maximum Gasteiger partial charge on any atom is 0.272 e. The molecule has 31 heavy (non-hydrogen) atoms. The van der Waals surface area contributed by atoms with Crippen molar-refractivity contribution in [2.24, 2.45) is 0 Å². The summed E-state index contributed by atoms with van der Waals surface area (Å²) in [6.07, 6.45) is 1.61. The predicted molar refractivity (Wildman–Crippen MR) is 126 cm³/mol. The Kier molecular flexibility index (Phi) is 5.63. The van der Waals surface area contributed by atoms with Crippen LogP contribution in [0.4, 0.5) is 5.69 Å². The second-order valence-electron chi connectivity index (χ2n) is 8.68. The van der Waals surface area contributed by atoms with Gasteiger partial charge in [-0.1, -0.05) is 62.7 Å². The summed E-state index contributed by atoms with van der Waals surface area (Å²) < 4.78 is 5.42. The highest BCUT2D eigenvalue weighted by atomic mass is 32.2. The van der Waals surface area contributed by atoms with Crippen LogP contribution in [0.25, 0.3) is 5.57 Å². The van der Waals surface area contributed by atoms with Crippen LogP contribution >= 0.6 is 11.8 Å². The van der Waals surface area contributed by atoms with Crippen molar-refractivity contribution in [3.05, 3.63) is 94.3 Å². The van der Waals surface area contributed by atoms with E-state index in [-0.39, 0.29) is 17.2 Å². The predicted octanol–water partition coefficient (Wildman–Crippen LogP) is 6.10. The molecule has 0 saturated heterocycles. The number of carbonyl (C=O) groups excluding carboxylic acids is 2. The maximum atomic E-state index is 13.5. The minimum absolute atomic E-state index is 0.00702. The molecule has 0 fully saturated rings. The largest absolute Gasteiger partial charge is 0.468 e. The Balaban J connectivity index is 1.71. The molecule has 5 heteroatoms. The Morgan fingerprint density at radius 1 is 0.903 bits per heavy atom. The van der Waals surface area contributed by atoms with Gasteiger partial charge < -0.3 is 4.42 Å². The summed E-state index contributed by atoms with van der Waals surface area (Å²) in [4.78, 5) is 28.6. The van der Waals surface area contributed by atoms with Gasteiger partial charge in [-0.15, -0.1) is 11.8 Å². The number of furan rings is 1. The molecule has 2 aromatic carbocycles.